The molecule has 0 spiro atoms. The SMILES string of the molecule is O=C(c1cc(NCc2cccnc2OC2CCCC2)ccc1[N+](=O)[O-])N1CCCC1. The lowest BCUT2D eigenvalue weighted by atomic mass is 10.1. The molecule has 2 fully saturated rings. The highest BCUT2D eigenvalue weighted by molar-refractivity contribution is 5.99. The topological polar surface area (TPSA) is 97.6 Å². The molecule has 30 heavy (non-hydrogen) atoms. The van der Waals surface area contributed by atoms with Crippen LogP contribution in [0.3, 0.4) is 0 Å². The van der Waals surface area contributed by atoms with Gasteiger partial charge in [0, 0.05) is 43.1 Å². The van der Waals surface area contributed by atoms with E-state index in [0.717, 1.165) is 31.2 Å². The number of nitrogens with one attached hydrogen (secondary N) is 1. The fourth-order valence-corrected chi connectivity index (χ4v) is 4.09. The van der Waals surface area contributed by atoms with Gasteiger partial charge < -0.3 is 15.0 Å². The minimum Gasteiger partial charge on any atom is -0.474 e. The number of hydrogen-bond acceptors (Lipinski definition) is 6. The third kappa shape index (κ3) is 4.53. The molecule has 1 saturated heterocycles. The third-order valence-corrected chi connectivity index (χ3v) is 5.73. The lowest BCUT2D eigenvalue weighted by Crippen LogP contribution is -2.28. The molecule has 2 aliphatic rings. The van der Waals surface area contributed by atoms with Crippen molar-refractivity contribution in [3.63, 3.8) is 0 Å². The smallest absolute Gasteiger partial charge is 0.282 e. The Bertz CT molecular complexity index is 921. The number of nitro benzene ring substituents is 1. The molecule has 158 valence electrons. The van der Waals surface area contributed by atoms with Gasteiger partial charge in [-0.1, -0.05) is 6.07 Å². The highest BCUT2D eigenvalue weighted by atomic mass is 16.6. The maximum atomic E-state index is 12.8. The molecule has 1 N–H and O–H groups in total. The molecule has 0 atom stereocenters. The van der Waals surface area contributed by atoms with Gasteiger partial charge in [-0.3, -0.25) is 14.9 Å². The van der Waals surface area contributed by atoms with Crippen LogP contribution in [0.4, 0.5) is 11.4 Å². The quantitative estimate of drug-likeness (QED) is 0.544. The van der Waals surface area contributed by atoms with Crippen molar-refractivity contribution in [1.82, 2.24) is 9.88 Å². The van der Waals surface area contributed by atoms with Crippen molar-refractivity contribution in [2.24, 2.45) is 0 Å². The zero-order chi connectivity index (χ0) is 20.9. The predicted molar refractivity (Wildman–Crippen MR) is 113 cm³/mol. The normalized spacial score (nSPS) is 16.6. The van der Waals surface area contributed by atoms with Gasteiger partial charge in [-0.15, -0.1) is 0 Å². The number of likely N-dealkylation sites (tertiary alicyclic amines) is 1. The minimum atomic E-state index is -0.498. The summed E-state index contributed by atoms with van der Waals surface area (Å²) in [5.74, 6) is 0.335. The van der Waals surface area contributed by atoms with Crippen LogP contribution >= 0.6 is 0 Å². The number of aromatic nitrogens is 1. The summed E-state index contributed by atoms with van der Waals surface area (Å²) in [7, 11) is 0. The van der Waals surface area contributed by atoms with Crippen molar-refractivity contribution in [2.45, 2.75) is 51.2 Å². The lowest BCUT2D eigenvalue weighted by Gasteiger charge is -2.17. The second kappa shape index (κ2) is 9.11. The van der Waals surface area contributed by atoms with Crippen molar-refractivity contribution in [3.05, 3.63) is 57.8 Å². The van der Waals surface area contributed by atoms with Gasteiger partial charge in [-0.05, 0) is 56.7 Å². The first kappa shape index (κ1) is 20.1. The highest BCUT2D eigenvalue weighted by Crippen LogP contribution is 2.28. The van der Waals surface area contributed by atoms with E-state index in [4.69, 9.17) is 4.74 Å². The molecule has 2 heterocycles. The van der Waals surface area contributed by atoms with Crippen molar-refractivity contribution in [3.8, 4) is 5.88 Å². The van der Waals surface area contributed by atoms with Crippen LogP contribution in [0.1, 0.15) is 54.4 Å². The van der Waals surface area contributed by atoms with Crippen LogP contribution in [0.15, 0.2) is 36.5 Å². The van der Waals surface area contributed by atoms with Crippen LogP contribution in [-0.4, -0.2) is 39.9 Å². The first-order valence-electron chi connectivity index (χ1n) is 10.5. The van der Waals surface area contributed by atoms with Gasteiger partial charge in [0.25, 0.3) is 11.6 Å². The minimum absolute atomic E-state index is 0.125. The van der Waals surface area contributed by atoms with E-state index in [2.05, 4.69) is 10.3 Å². The van der Waals surface area contributed by atoms with Crippen LogP contribution < -0.4 is 10.1 Å². The van der Waals surface area contributed by atoms with Crippen LogP contribution in [0.25, 0.3) is 0 Å². The van der Waals surface area contributed by atoms with Crippen LogP contribution in [0.5, 0.6) is 5.88 Å². The van der Waals surface area contributed by atoms with Gasteiger partial charge in [-0.2, -0.15) is 0 Å². The summed E-state index contributed by atoms with van der Waals surface area (Å²) in [6, 6.07) is 8.41. The summed E-state index contributed by atoms with van der Waals surface area (Å²) in [6.45, 7) is 1.74. The standard InChI is InChI=1S/C22H26N4O4/c27-22(25-12-3-4-13-25)19-14-17(9-10-20(19)26(28)29)24-15-16-6-5-11-23-21(16)30-18-7-1-2-8-18/h5-6,9-11,14,18,24H,1-4,7-8,12-13,15H2. The summed E-state index contributed by atoms with van der Waals surface area (Å²) in [5.41, 5.74) is 1.53. The first-order valence-corrected chi connectivity index (χ1v) is 10.5. The van der Waals surface area contributed by atoms with Gasteiger partial charge in [0.2, 0.25) is 5.88 Å². The second-order valence-electron chi connectivity index (χ2n) is 7.83. The summed E-state index contributed by atoms with van der Waals surface area (Å²) in [5, 5.41) is 14.7. The Morgan fingerprint density at radius 1 is 1.20 bits per heavy atom. The van der Waals surface area contributed by atoms with Gasteiger partial charge in [0.1, 0.15) is 11.7 Å². The number of ether oxygens (including phenoxy) is 1. The largest absolute Gasteiger partial charge is 0.474 e. The van der Waals surface area contributed by atoms with Gasteiger partial charge in [-0.25, -0.2) is 4.98 Å². The Hall–Kier alpha value is -3.16. The van der Waals surface area contributed by atoms with Crippen LogP contribution in [0.2, 0.25) is 0 Å². The maximum absolute atomic E-state index is 12.8. The van der Waals surface area contributed by atoms with Crippen LogP contribution in [-0.2, 0) is 6.54 Å². The maximum Gasteiger partial charge on any atom is 0.282 e. The molecule has 8 nitrogen and oxygen atoms in total. The van der Waals surface area contributed by atoms with Crippen molar-refractivity contribution < 1.29 is 14.5 Å². The van der Waals surface area contributed by atoms with Crippen molar-refractivity contribution in [1.29, 1.82) is 0 Å². The van der Waals surface area contributed by atoms with Gasteiger partial charge >= 0.3 is 0 Å². The lowest BCUT2D eigenvalue weighted by molar-refractivity contribution is -0.385. The molecule has 1 aliphatic carbocycles. The van der Waals surface area contributed by atoms with Crippen molar-refractivity contribution in [2.75, 3.05) is 18.4 Å². The van der Waals surface area contributed by atoms with E-state index in [0.29, 0.717) is 31.2 Å². The number of carbonyl (C=O) groups is 1. The Morgan fingerprint density at radius 2 is 1.97 bits per heavy atom. The number of pyridine rings is 1. The molecule has 0 radical (unpaired) electrons. The molecule has 1 aromatic carbocycles. The Kier molecular flexibility index (Phi) is 6.11. The number of rotatable bonds is 7. The van der Waals surface area contributed by atoms with Gasteiger partial charge in [0.05, 0.1) is 4.92 Å². The van der Waals surface area contributed by atoms with Gasteiger partial charge in [0.15, 0.2) is 0 Å². The Morgan fingerprint density at radius 3 is 2.70 bits per heavy atom. The molecule has 0 bridgehead atoms. The first-order chi connectivity index (χ1) is 14.6. The van der Waals surface area contributed by atoms with E-state index in [1.165, 1.54) is 18.9 Å². The number of nitro groups is 1. The van der Waals surface area contributed by atoms with E-state index in [1.807, 2.05) is 12.1 Å². The fraction of sp³-hybridized carbons (Fsp3) is 0.455. The summed E-state index contributed by atoms with van der Waals surface area (Å²) in [4.78, 5) is 29.8. The third-order valence-electron chi connectivity index (χ3n) is 5.73. The number of carbonyl (C=O) groups excluding carboxylic acids is 1. The summed E-state index contributed by atoms with van der Waals surface area (Å²) >= 11 is 0. The molecule has 4 rings (SSSR count). The fourth-order valence-electron chi connectivity index (χ4n) is 4.09. The highest BCUT2D eigenvalue weighted by Gasteiger charge is 2.27. The predicted octanol–water partition coefficient (Wildman–Crippen LogP) is 4.16. The number of amides is 1. The zero-order valence-electron chi connectivity index (χ0n) is 16.9. The Balaban J connectivity index is 1.50. The molecule has 0 unspecified atom stereocenters. The number of anilines is 1. The zero-order valence-corrected chi connectivity index (χ0v) is 16.9. The summed E-state index contributed by atoms with van der Waals surface area (Å²) < 4.78 is 6.07. The average Bonchev–Trinajstić information content (AvgIpc) is 3.47. The summed E-state index contributed by atoms with van der Waals surface area (Å²) in [6.07, 6.45) is 8.25. The molecule has 1 saturated carbocycles. The molecular formula is C22H26N4O4. The Labute approximate surface area is 175 Å². The van der Waals surface area contributed by atoms with E-state index < -0.39 is 4.92 Å². The van der Waals surface area contributed by atoms with E-state index in [9.17, 15) is 14.9 Å². The number of nitrogens with zero attached hydrogens (tertiary/aromatic N) is 3. The molecule has 1 aliphatic heterocycles. The molecule has 8 heteroatoms. The van der Waals surface area contributed by atoms with E-state index >= 15 is 0 Å². The monoisotopic (exact) mass is 410 g/mol. The average molecular weight is 410 g/mol. The van der Waals surface area contributed by atoms with E-state index in [1.54, 1.807) is 23.2 Å². The number of hydrogen-bond donors (Lipinski definition) is 1. The molecular weight excluding hydrogens is 384 g/mol. The molecule has 1 aromatic heterocycles. The van der Waals surface area contributed by atoms with Crippen LogP contribution in [0, 0.1) is 10.1 Å². The second-order valence-corrected chi connectivity index (χ2v) is 7.83. The number of benzene rings is 1. The molecule has 1 amide bonds. The van der Waals surface area contributed by atoms with Crippen molar-refractivity contribution >= 4 is 17.3 Å². The van der Waals surface area contributed by atoms with E-state index in [-0.39, 0.29) is 23.3 Å². The molecule has 2 aromatic rings.